The van der Waals surface area contributed by atoms with E-state index in [1.165, 1.54) is 0 Å². The molecule has 1 aliphatic rings. The number of hydrogen-bond acceptors (Lipinski definition) is 3. The standard InChI is InChI=1S/C27H36Cl2N4O2/c1-4-31(2)27(35)30-23-13-16-33(17-14-23)15-12-22(21-10-11-24(28)25(29)18-21)19-32(3)26(34)20-8-6-5-7-9-20/h5-11,18,22-23H,4,12-17,19H2,1-3H3,(H,30,35). The summed E-state index contributed by atoms with van der Waals surface area (Å²) >= 11 is 12.5. The average molecular weight is 520 g/mol. The molecule has 0 aromatic heterocycles. The van der Waals surface area contributed by atoms with E-state index in [1.54, 1.807) is 9.80 Å². The summed E-state index contributed by atoms with van der Waals surface area (Å²) in [6.45, 7) is 6.04. The molecule has 0 saturated carbocycles. The van der Waals surface area contributed by atoms with Gasteiger partial charge >= 0.3 is 6.03 Å². The maximum Gasteiger partial charge on any atom is 0.317 e. The molecule has 1 atom stereocenters. The van der Waals surface area contributed by atoms with Gasteiger partial charge in [0.25, 0.3) is 5.91 Å². The lowest BCUT2D eigenvalue weighted by atomic mass is 9.94. The third-order valence-electron chi connectivity index (χ3n) is 6.81. The molecule has 1 fully saturated rings. The van der Waals surface area contributed by atoms with Crippen molar-refractivity contribution in [2.24, 2.45) is 0 Å². The zero-order valence-electron chi connectivity index (χ0n) is 20.8. The fourth-order valence-electron chi connectivity index (χ4n) is 4.41. The molecule has 2 aromatic rings. The van der Waals surface area contributed by atoms with Crippen molar-refractivity contribution in [3.8, 4) is 0 Å². The molecule has 1 heterocycles. The molecule has 6 nitrogen and oxygen atoms in total. The van der Waals surface area contributed by atoms with Crippen LogP contribution in [0.2, 0.25) is 10.0 Å². The number of piperidine rings is 1. The Bertz CT molecular complexity index is 980. The summed E-state index contributed by atoms with van der Waals surface area (Å²) in [4.78, 5) is 31.0. The molecule has 3 amide bonds. The minimum Gasteiger partial charge on any atom is -0.341 e. The largest absolute Gasteiger partial charge is 0.341 e. The Balaban J connectivity index is 1.61. The third-order valence-corrected chi connectivity index (χ3v) is 7.55. The highest BCUT2D eigenvalue weighted by molar-refractivity contribution is 6.42. The summed E-state index contributed by atoms with van der Waals surface area (Å²) in [5, 5.41) is 4.19. The zero-order valence-corrected chi connectivity index (χ0v) is 22.4. The number of carbonyl (C=O) groups is 2. The second-order valence-corrected chi connectivity index (χ2v) is 10.1. The van der Waals surface area contributed by atoms with Gasteiger partial charge in [0.05, 0.1) is 10.0 Å². The van der Waals surface area contributed by atoms with E-state index < -0.39 is 0 Å². The van der Waals surface area contributed by atoms with Gasteiger partial charge in [0, 0.05) is 57.8 Å². The van der Waals surface area contributed by atoms with Gasteiger partial charge in [-0.15, -0.1) is 0 Å². The van der Waals surface area contributed by atoms with Crippen molar-refractivity contribution in [2.45, 2.75) is 38.1 Å². The highest BCUT2D eigenvalue weighted by Gasteiger charge is 2.24. The minimum atomic E-state index is -0.00301. The van der Waals surface area contributed by atoms with E-state index in [0.717, 1.165) is 44.5 Å². The summed E-state index contributed by atoms with van der Waals surface area (Å²) in [7, 11) is 3.66. The summed E-state index contributed by atoms with van der Waals surface area (Å²) in [6.07, 6.45) is 2.76. The first-order chi connectivity index (χ1) is 16.8. The lowest BCUT2D eigenvalue weighted by Gasteiger charge is -2.34. The Morgan fingerprint density at radius 1 is 1.03 bits per heavy atom. The van der Waals surface area contributed by atoms with Gasteiger partial charge in [-0.05, 0) is 62.6 Å². The normalized spacial score (nSPS) is 15.5. The predicted molar refractivity (Wildman–Crippen MR) is 144 cm³/mol. The molecule has 2 aromatic carbocycles. The molecule has 35 heavy (non-hydrogen) atoms. The number of carbonyl (C=O) groups excluding carboxylic acids is 2. The van der Waals surface area contributed by atoms with Gasteiger partial charge < -0.3 is 20.0 Å². The number of nitrogens with zero attached hydrogens (tertiary/aromatic N) is 3. The lowest BCUT2D eigenvalue weighted by molar-refractivity contribution is 0.0781. The van der Waals surface area contributed by atoms with Crippen LogP contribution in [0.4, 0.5) is 4.79 Å². The van der Waals surface area contributed by atoms with Crippen molar-refractivity contribution in [2.75, 3.05) is 46.8 Å². The highest BCUT2D eigenvalue weighted by atomic mass is 35.5. The lowest BCUT2D eigenvalue weighted by Crippen LogP contribution is -2.48. The van der Waals surface area contributed by atoms with Gasteiger partial charge in [0.2, 0.25) is 0 Å². The molecule has 0 bridgehead atoms. The highest BCUT2D eigenvalue weighted by Crippen LogP contribution is 2.29. The molecule has 1 N–H and O–H groups in total. The second-order valence-electron chi connectivity index (χ2n) is 9.29. The first-order valence-electron chi connectivity index (χ1n) is 12.3. The first-order valence-corrected chi connectivity index (χ1v) is 13.0. The fourth-order valence-corrected chi connectivity index (χ4v) is 4.72. The van der Waals surface area contributed by atoms with Gasteiger partial charge in [0.15, 0.2) is 0 Å². The third kappa shape index (κ3) is 7.86. The van der Waals surface area contributed by atoms with E-state index in [0.29, 0.717) is 28.7 Å². The average Bonchev–Trinajstić information content (AvgIpc) is 2.88. The van der Waals surface area contributed by atoms with E-state index in [-0.39, 0.29) is 23.9 Å². The molecule has 3 rings (SSSR count). The van der Waals surface area contributed by atoms with Gasteiger partial charge in [-0.1, -0.05) is 47.5 Å². The number of likely N-dealkylation sites (tertiary alicyclic amines) is 1. The predicted octanol–water partition coefficient (Wildman–Crippen LogP) is 5.37. The summed E-state index contributed by atoms with van der Waals surface area (Å²) in [5.41, 5.74) is 1.76. The smallest absolute Gasteiger partial charge is 0.317 e. The SMILES string of the molecule is CCN(C)C(=O)NC1CCN(CCC(CN(C)C(=O)c2ccccc2)c2ccc(Cl)c(Cl)c2)CC1. The van der Waals surface area contributed by atoms with Crippen LogP contribution in [0.15, 0.2) is 48.5 Å². The van der Waals surface area contributed by atoms with Crippen LogP contribution in [-0.4, -0.2) is 79.5 Å². The van der Waals surface area contributed by atoms with Crippen LogP contribution in [-0.2, 0) is 0 Å². The van der Waals surface area contributed by atoms with Gasteiger partial charge in [-0.25, -0.2) is 4.79 Å². The molecule has 1 aliphatic heterocycles. The molecule has 1 saturated heterocycles. The number of benzene rings is 2. The summed E-state index contributed by atoms with van der Waals surface area (Å²) in [6, 6.07) is 15.3. The topological polar surface area (TPSA) is 55.9 Å². The quantitative estimate of drug-likeness (QED) is 0.485. The van der Waals surface area contributed by atoms with E-state index in [4.69, 9.17) is 23.2 Å². The number of nitrogens with one attached hydrogen (secondary N) is 1. The summed E-state index contributed by atoms with van der Waals surface area (Å²) in [5.74, 6) is 0.127. The molecular formula is C27H36Cl2N4O2. The van der Waals surface area contributed by atoms with Crippen molar-refractivity contribution >= 4 is 35.1 Å². The number of likely N-dealkylation sites (N-methyl/N-ethyl adjacent to an activating group) is 1. The van der Waals surface area contributed by atoms with E-state index in [1.807, 2.05) is 69.6 Å². The maximum absolute atomic E-state index is 13.0. The monoisotopic (exact) mass is 518 g/mol. The Hall–Kier alpha value is -2.28. The molecule has 8 heteroatoms. The van der Waals surface area contributed by atoms with E-state index >= 15 is 0 Å². The Morgan fingerprint density at radius 2 is 1.71 bits per heavy atom. The van der Waals surface area contributed by atoms with Crippen LogP contribution >= 0.6 is 23.2 Å². The zero-order chi connectivity index (χ0) is 25.4. The number of amides is 3. The Labute approximate surface area is 219 Å². The second kappa shape index (κ2) is 13.1. The summed E-state index contributed by atoms with van der Waals surface area (Å²) < 4.78 is 0. The molecule has 0 radical (unpaired) electrons. The molecule has 0 aliphatic carbocycles. The van der Waals surface area contributed by atoms with Crippen molar-refractivity contribution < 1.29 is 9.59 Å². The van der Waals surface area contributed by atoms with Gasteiger partial charge in [-0.2, -0.15) is 0 Å². The number of urea groups is 1. The minimum absolute atomic E-state index is 0.00301. The van der Waals surface area contributed by atoms with Crippen LogP contribution in [0.5, 0.6) is 0 Å². The van der Waals surface area contributed by atoms with Crippen LogP contribution in [0.1, 0.15) is 48.0 Å². The number of rotatable bonds is 9. The van der Waals surface area contributed by atoms with Crippen molar-refractivity contribution in [1.29, 1.82) is 0 Å². The van der Waals surface area contributed by atoms with Crippen LogP contribution in [0.3, 0.4) is 0 Å². The molecular weight excluding hydrogens is 483 g/mol. The fraction of sp³-hybridized carbons (Fsp3) is 0.481. The first kappa shape index (κ1) is 27.3. The van der Waals surface area contributed by atoms with Crippen LogP contribution in [0, 0.1) is 0 Å². The molecule has 1 unspecified atom stereocenters. The Kier molecular flexibility index (Phi) is 10.3. The van der Waals surface area contributed by atoms with Crippen molar-refractivity contribution in [3.05, 3.63) is 69.7 Å². The molecule has 0 spiro atoms. The van der Waals surface area contributed by atoms with Gasteiger partial charge in [-0.3, -0.25) is 4.79 Å². The van der Waals surface area contributed by atoms with Crippen LogP contribution < -0.4 is 5.32 Å². The maximum atomic E-state index is 13.0. The van der Waals surface area contributed by atoms with Crippen molar-refractivity contribution in [3.63, 3.8) is 0 Å². The number of halogens is 2. The van der Waals surface area contributed by atoms with E-state index in [9.17, 15) is 9.59 Å². The van der Waals surface area contributed by atoms with Crippen LogP contribution in [0.25, 0.3) is 0 Å². The Morgan fingerprint density at radius 3 is 2.34 bits per heavy atom. The van der Waals surface area contributed by atoms with Crippen molar-refractivity contribution in [1.82, 2.24) is 20.0 Å². The van der Waals surface area contributed by atoms with Gasteiger partial charge in [0.1, 0.15) is 0 Å². The molecule has 190 valence electrons. The number of hydrogen-bond donors (Lipinski definition) is 1. The van der Waals surface area contributed by atoms with E-state index in [2.05, 4.69) is 10.2 Å².